The van der Waals surface area contributed by atoms with Crippen LogP contribution in [0.25, 0.3) is 5.65 Å². The highest BCUT2D eigenvalue weighted by Gasteiger charge is 2.21. The average molecular weight is 261 g/mol. The van der Waals surface area contributed by atoms with Crippen LogP contribution in [-0.2, 0) is 0 Å². The first-order valence-electron chi connectivity index (χ1n) is 6.42. The van der Waals surface area contributed by atoms with Gasteiger partial charge in [0.1, 0.15) is 5.65 Å². The smallest absolute Gasteiger partial charge is 0.356 e. The van der Waals surface area contributed by atoms with E-state index >= 15 is 0 Å². The normalized spacial score (nSPS) is 11.2. The van der Waals surface area contributed by atoms with Crippen molar-refractivity contribution in [1.29, 1.82) is 0 Å². The van der Waals surface area contributed by atoms with Crippen molar-refractivity contribution in [3.05, 3.63) is 30.1 Å². The Morgan fingerprint density at radius 2 is 2.21 bits per heavy atom. The first-order valence-corrected chi connectivity index (χ1v) is 6.42. The van der Waals surface area contributed by atoms with Gasteiger partial charge in [-0.1, -0.05) is 19.9 Å². The van der Waals surface area contributed by atoms with Crippen LogP contribution in [0.3, 0.4) is 0 Å². The number of pyridine rings is 1. The Morgan fingerprint density at radius 1 is 1.47 bits per heavy atom. The summed E-state index contributed by atoms with van der Waals surface area (Å²) in [5, 5.41) is 9.39. The predicted octanol–water partition coefficient (Wildman–Crippen LogP) is 2.51. The van der Waals surface area contributed by atoms with Crippen LogP contribution in [0.5, 0.6) is 0 Å². The highest BCUT2D eigenvalue weighted by Crippen LogP contribution is 2.21. The zero-order chi connectivity index (χ0) is 14.0. The SMILES string of the molecule is CC(C)CCN(C)c1nc2ccccn2c1C(=O)O. The standard InChI is InChI=1S/C14H19N3O2/c1-10(2)7-9-16(3)13-12(14(18)19)17-8-5-4-6-11(17)15-13/h4-6,8,10H,7,9H2,1-3H3,(H,18,19). The fourth-order valence-electron chi connectivity index (χ4n) is 2.01. The number of carboxylic acid groups (broad SMARTS) is 1. The Morgan fingerprint density at radius 3 is 2.84 bits per heavy atom. The van der Waals surface area contributed by atoms with E-state index in [9.17, 15) is 9.90 Å². The molecule has 0 saturated carbocycles. The molecule has 102 valence electrons. The van der Waals surface area contributed by atoms with E-state index in [0.29, 0.717) is 17.4 Å². The highest BCUT2D eigenvalue weighted by molar-refractivity contribution is 5.93. The third-order valence-electron chi connectivity index (χ3n) is 3.12. The summed E-state index contributed by atoms with van der Waals surface area (Å²) < 4.78 is 1.61. The fraction of sp³-hybridized carbons (Fsp3) is 0.429. The van der Waals surface area contributed by atoms with Gasteiger partial charge in [-0.2, -0.15) is 0 Å². The number of carboxylic acids is 1. The van der Waals surface area contributed by atoms with Crippen LogP contribution in [0.2, 0.25) is 0 Å². The van der Waals surface area contributed by atoms with Crippen LogP contribution >= 0.6 is 0 Å². The van der Waals surface area contributed by atoms with Crippen LogP contribution < -0.4 is 4.90 Å². The van der Waals surface area contributed by atoms with E-state index < -0.39 is 5.97 Å². The summed E-state index contributed by atoms with van der Waals surface area (Å²) >= 11 is 0. The molecule has 0 radical (unpaired) electrons. The topological polar surface area (TPSA) is 57.8 Å². The van der Waals surface area contributed by atoms with E-state index in [0.717, 1.165) is 13.0 Å². The maximum Gasteiger partial charge on any atom is 0.356 e. The largest absolute Gasteiger partial charge is 0.476 e. The molecule has 5 nitrogen and oxygen atoms in total. The van der Waals surface area contributed by atoms with E-state index in [-0.39, 0.29) is 5.69 Å². The van der Waals surface area contributed by atoms with Gasteiger partial charge < -0.3 is 10.0 Å². The molecule has 1 N–H and O–H groups in total. The van der Waals surface area contributed by atoms with Crippen molar-refractivity contribution >= 4 is 17.4 Å². The van der Waals surface area contributed by atoms with Crippen molar-refractivity contribution in [2.45, 2.75) is 20.3 Å². The molecule has 0 aliphatic rings. The molecule has 0 fully saturated rings. The molecular formula is C14H19N3O2. The highest BCUT2D eigenvalue weighted by atomic mass is 16.4. The summed E-state index contributed by atoms with van der Waals surface area (Å²) in [6, 6.07) is 5.47. The average Bonchev–Trinajstić information content (AvgIpc) is 2.75. The van der Waals surface area contributed by atoms with Crippen LogP contribution in [0, 0.1) is 5.92 Å². The molecule has 19 heavy (non-hydrogen) atoms. The second-order valence-corrected chi connectivity index (χ2v) is 5.12. The molecule has 0 bridgehead atoms. The van der Waals surface area contributed by atoms with Gasteiger partial charge in [0.25, 0.3) is 0 Å². The van der Waals surface area contributed by atoms with E-state index in [1.54, 1.807) is 16.7 Å². The Labute approximate surface area is 112 Å². The number of aromatic carboxylic acids is 1. The third-order valence-corrected chi connectivity index (χ3v) is 3.12. The summed E-state index contributed by atoms with van der Waals surface area (Å²) in [6.07, 6.45) is 2.73. The molecule has 0 spiro atoms. The predicted molar refractivity (Wildman–Crippen MR) is 74.9 cm³/mol. The van der Waals surface area contributed by atoms with Gasteiger partial charge in [0.15, 0.2) is 11.5 Å². The van der Waals surface area contributed by atoms with E-state index in [4.69, 9.17) is 0 Å². The van der Waals surface area contributed by atoms with Gasteiger partial charge in [0.2, 0.25) is 0 Å². The molecule has 0 aliphatic carbocycles. The minimum absolute atomic E-state index is 0.224. The number of fused-ring (bicyclic) bond motifs is 1. The number of nitrogens with zero attached hydrogens (tertiary/aromatic N) is 3. The van der Waals surface area contributed by atoms with Crippen LogP contribution in [0.15, 0.2) is 24.4 Å². The molecule has 0 aromatic carbocycles. The quantitative estimate of drug-likeness (QED) is 0.898. The molecule has 2 aromatic heterocycles. The molecule has 0 amide bonds. The zero-order valence-electron chi connectivity index (χ0n) is 11.5. The van der Waals surface area contributed by atoms with Crippen molar-refractivity contribution in [3.8, 4) is 0 Å². The monoisotopic (exact) mass is 261 g/mol. The Hall–Kier alpha value is -2.04. The maximum atomic E-state index is 11.5. The van der Waals surface area contributed by atoms with Crippen molar-refractivity contribution in [3.63, 3.8) is 0 Å². The second-order valence-electron chi connectivity index (χ2n) is 5.12. The Bertz CT molecular complexity index is 589. The lowest BCUT2D eigenvalue weighted by Crippen LogP contribution is -2.22. The molecule has 2 rings (SSSR count). The summed E-state index contributed by atoms with van der Waals surface area (Å²) in [6.45, 7) is 5.09. The first-order chi connectivity index (χ1) is 9.00. The third kappa shape index (κ3) is 2.70. The van der Waals surface area contributed by atoms with Gasteiger partial charge in [-0.05, 0) is 24.5 Å². The number of imidazole rings is 1. The summed E-state index contributed by atoms with van der Waals surface area (Å²) in [5.74, 6) is 0.150. The number of hydrogen-bond acceptors (Lipinski definition) is 3. The van der Waals surface area contributed by atoms with Crippen LogP contribution in [0.4, 0.5) is 5.82 Å². The van der Waals surface area contributed by atoms with Crippen molar-refractivity contribution in [1.82, 2.24) is 9.38 Å². The van der Waals surface area contributed by atoms with Crippen molar-refractivity contribution in [2.75, 3.05) is 18.5 Å². The minimum atomic E-state index is -0.954. The molecule has 2 heterocycles. The molecule has 2 aromatic rings. The van der Waals surface area contributed by atoms with Crippen molar-refractivity contribution in [2.24, 2.45) is 5.92 Å². The molecule has 0 saturated heterocycles. The van der Waals surface area contributed by atoms with E-state index in [1.807, 2.05) is 24.1 Å². The molecule has 0 atom stereocenters. The van der Waals surface area contributed by atoms with E-state index in [1.165, 1.54) is 0 Å². The van der Waals surface area contributed by atoms with Gasteiger partial charge in [0, 0.05) is 19.8 Å². The lowest BCUT2D eigenvalue weighted by molar-refractivity contribution is 0.0690. The summed E-state index contributed by atoms with van der Waals surface area (Å²) in [4.78, 5) is 17.8. The summed E-state index contributed by atoms with van der Waals surface area (Å²) in [5.41, 5.74) is 0.883. The first kappa shape index (κ1) is 13.4. The van der Waals surface area contributed by atoms with Gasteiger partial charge in [-0.25, -0.2) is 9.78 Å². The lowest BCUT2D eigenvalue weighted by atomic mass is 10.1. The van der Waals surface area contributed by atoms with Gasteiger partial charge in [0.05, 0.1) is 0 Å². The molecule has 0 unspecified atom stereocenters. The summed E-state index contributed by atoms with van der Waals surface area (Å²) in [7, 11) is 1.89. The van der Waals surface area contributed by atoms with Gasteiger partial charge in [-0.3, -0.25) is 4.40 Å². The number of hydrogen-bond donors (Lipinski definition) is 1. The number of rotatable bonds is 5. The minimum Gasteiger partial charge on any atom is -0.476 e. The van der Waals surface area contributed by atoms with Crippen LogP contribution in [-0.4, -0.2) is 34.1 Å². The second kappa shape index (κ2) is 5.30. The van der Waals surface area contributed by atoms with E-state index in [2.05, 4.69) is 18.8 Å². The van der Waals surface area contributed by atoms with Crippen molar-refractivity contribution < 1.29 is 9.90 Å². The fourth-order valence-corrected chi connectivity index (χ4v) is 2.01. The molecule has 0 aliphatic heterocycles. The van der Waals surface area contributed by atoms with Crippen LogP contribution in [0.1, 0.15) is 30.8 Å². The lowest BCUT2D eigenvalue weighted by Gasteiger charge is -2.18. The number of aromatic nitrogens is 2. The number of carbonyl (C=O) groups is 1. The number of anilines is 1. The van der Waals surface area contributed by atoms with Gasteiger partial charge >= 0.3 is 5.97 Å². The van der Waals surface area contributed by atoms with Gasteiger partial charge in [-0.15, -0.1) is 0 Å². The maximum absolute atomic E-state index is 11.5. The zero-order valence-corrected chi connectivity index (χ0v) is 11.5. The Balaban J connectivity index is 2.41. The Kier molecular flexibility index (Phi) is 3.74. The molecular weight excluding hydrogens is 242 g/mol. The molecule has 5 heteroatoms.